The van der Waals surface area contributed by atoms with Gasteiger partial charge >= 0.3 is 5.97 Å². The molecule has 0 radical (unpaired) electrons. The van der Waals surface area contributed by atoms with Gasteiger partial charge in [-0.15, -0.1) is 0 Å². The summed E-state index contributed by atoms with van der Waals surface area (Å²) >= 11 is 0. The van der Waals surface area contributed by atoms with Crippen LogP contribution < -0.4 is 14.9 Å². The van der Waals surface area contributed by atoms with Crippen LogP contribution in [0.3, 0.4) is 0 Å². The van der Waals surface area contributed by atoms with E-state index in [0.717, 1.165) is 5.56 Å². The number of hydrogen-bond donors (Lipinski definition) is 1. The van der Waals surface area contributed by atoms with Gasteiger partial charge in [0.1, 0.15) is 11.5 Å². The molecule has 1 amide bonds. The minimum Gasteiger partial charge on any atom is -0.484 e. The van der Waals surface area contributed by atoms with Crippen molar-refractivity contribution in [3.63, 3.8) is 0 Å². The number of nitrogens with one attached hydrogen (secondary N) is 1. The van der Waals surface area contributed by atoms with Gasteiger partial charge in [0.05, 0.1) is 12.8 Å². The molecule has 0 spiro atoms. The number of hydrazone groups is 1. The second-order valence-electron chi connectivity index (χ2n) is 5.53. The highest BCUT2D eigenvalue weighted by atomic mass is 16.6. The van der Waals surface area contributed by atoms with Gasteiger partial charge in [-0.25, -0.2) is 10.2 Å². The van der Waals surface area contributed by atoms with E-state index >= 15 is 0 Å². The number of carbonyl (C=O) groups is 2. The van der Waals surface area contributed by atoms with Gasteiger partial charge in [0.2, 0.25) is 0 Å². The van der Waals surface area contributed by atoms with Crippen LogP contribution in [0.25, 0.3) is 0 Å². The third-order valence-corrected chi connectivity index (χ3v) is 3.35. The molecule has 0 atom stereocenters. The molecule has 0 fully saturated rings. The Kier molecular flexibility index (Phi) is 7.84. The Hall–Kier alpha value is -3.35. The van der Waals surface area contributed by atoms with Crippen LogP contribution in [-0.4, -0.2) is 37.9 Å². The van der Waals surface area contributed by atoms with Crippen molar-refractivity contribution in [2.75, 3.05) is 19.8 Å². The number of ether oxygens (including phenoxy) is 3. The summed E-state index contributed by atoms with van der Waals surface area (Å²) in [6.45, 7) is 3.64. The zero-order valence-electron chi connectivity index (χ0n) is 15.3. The molecule has 7 nitrogen and oxygen atoms in total. The molecule has 0 saturated carbocycles. The van der Waals surface area contributed by atoms with Gasteiger partial charge in [0.15, 0.2) is 13.2 Å². The first-order chi connectivity index (χ1) is 13.1. The molecule has 0 unspecified atom stereocenters. The number of carbonyl (C=O) groups excluding carboxylic acids is 2. The predicted octanol–water partition coefficient (Wildman–Crippen LogP) is 2.47. The lowest BCUT2D eigenvalue weighted by molar-refractivity contribution is -0.145. The van der Waals surface area contributed by atoms with E-state index in [1.54, 1.807) is 43.3 Å². The van der Waals surface area contributed by atoms with Crippen LogP contribution in [0.1, 0.15) is 18.1 Å². The van der Waals surface area contributed by atoms with E-state index in [9.17, 15) is 9.59 Å². The molecule has 2 aromatic carbocycles. The Labute approximate surface area is 157 Å². The zero-order chi connectivity index (χ0) is 19.5. The molecular formula is C20H22N2O5. The highest BCUT2D eigenvalue weighted by molar-refractivity contribution is 5.85. The first-order valence-corrected chi connectivity index (χ1v) is 8.47. The maximum Gasteiger partial charge on any atom is 0.344 e. The van der Waals surface area contributed by atoms with E-state index in [2.05, 4.69) is 10.5 Å². The van der Waals surface area contributed by atoms with Crippen LogP contribution in [-0.2, 0) is 14.3 Å². The lowest BCUT2D eigenvalue weighted by Crippen LogP contribution is -2.24. The first-order valence-electron chi connectivity index (χ1n) is 8.47. The smallest absolute Gasteiger partial charge is 0.344 e. The molecule has 0 aliphatic carbocycles. The zero-order valence-corrected chi connectivity index (χ0v) is 15.3. The molecular weight excluding hydrogens is 348 g/mol. The maximum absolute atomic E-state index is 11.8. The average molecular weight is 370 g/mol. The topological polar surface area (TPSA) is 86.2 Å². The fraction of sp³-hybridized carbons (Fsp3) is 0.250. The maximum atomic E-state index is 11.8. The highest BCUT2D eigenvalue weighted by Crippen LogP contribution is 2.15. The molecule has 0 heterocycles. The van der Waals surface area contributed by atoms with Gasteiger partial charge in [-0.1, -0.05) is 29.8 Å². The third-order valence-electron chi connectivity index (χ3n) is 3.35. The summed E-state index contributed by atoms with van der Waals surface area (Å²) in [4.78, 5) is 23.2. The summed E-state index contributed by atoms with van der Waals surface area (Å²) in [5.74, 6) is 0.222. The van der Waals surface area contributed by atoms with Gasteiger partial charge in [-0.2, -0.15) is 5.10 Å². The fourth-order valence-electron chi connectivity index (χ4n) is 2.05. The second-order valence-corrected chi connectivity index (χ2v) is 5.53. The van der Waals surface area contributed by atoms with Crippen molar-refractivity contribution in [3.8, 4) is 11.5 Å². The fourth-order valence-corrected chi connectivity index (χ4v) is 2.05. The van der Waals surface area contributed by atoms with Crippen LogP contribution >= 0.6 is 0 Å². The quantitative estimate of drug-likeness (QED) is 0.416. The number of rotatable bonds is 9. The monoisotopic (exact) mass is 370 g/mol. The van der Waals surface area contributed by atoms with Crippen LogP contribution in [0, 0.1) is 6.92 Å². The van der Waals surface area contributed by atoms with E-state index in [1.165, 1.54) is 6.21 Å². The third kappa shape index (κ3) is 7.19. The summed E-state index contributed by atoms with van der Waals surface area (Å²) in [5, 5.41) is 3.89. The lowest BCUT2D eigenvalue weighted by Gasteiger charge is -2.08. The van der Waals surface area contributed by atoms with Crippen molar-refractivity contribution in [1.29, 1.82) is 0 Å². The van der Waals surface area contributed by atoms with E-state index in [4.69, 9.17) is 14.2 Å². The molecule has 27 heavy (non-hydrogen) atoms. The molecule has 0 aliphatic heterocycles. The molecule has 0 aliphatic rings. The van der Waals surface area contributed by atoms with Crippen LogP contribution in [0.15, 0.2) is 53.6 Å². The van der Waals surface area contributed by atoms with Crippen molar-refractivity contribution < 1.29 is 23.8 Å². The number of esters is 1. The molecule has 0 aromatic heterocycles. The van der Waals surface area contributed by atoms with E-state index < -0.39 is 11.9 Å². The van der Waals surface area contributed by atoms with Crippen molar-refractivity contribution in [3.05, 3.63) is 59.7 Å². The molecule has 2 aromatic rings. The van der Waals surface area contributed by atoms with Crippen LogP contribution in [0.5, 0.6) is 11.5 Å². The van der Waals surface area contributed by atoms with Gasteiger partial charge in [-0.3, -0.25) is 4.79 Å². The minimum absolute atomic E-state index is 0.151. The molecule has 0 saturated heterocycles. The number of aryl methyl sites for hydroxylation is 1. The Bertz CT molecular complexity index is 787. The van der Waals surface area contributed by atoms with Crippen LogP contribution in [0.2, 0.25) is 0 Å². The number of amides is 1. The second kappa shape index (κ2) is 10.6. The summed E-state index contributed by atoms with van der Waals surface area (Å²) in [6.07, 6.45) is 1.43. The lowest BCUT2D eigenvalue weighted by atomic mass is 10.2. The first kappa shape index (κ1) is 20.0. The number of para-hydroxylation sites is 1. The summed E-state index contributed by atoms with van der Waals surface area (Å²) in [6, 6.07) is 14.4. The Morgan fingerprint density at radius 2 is 1.78 bits per heavy atom. The Morgan fingerprint density at radius 1 is 1.04 bits per heavy atom. The van der Waals surface area contributed by atoms with Crippen molar-refractivity contribution >= 4 is 18.1 Å². The summed E-state index contributed by atoms with van der Waals surface area (Å²) in [5.41, 5.74) is 4.11. The van der Waals surface area contributed by atoms with Gasteiger partial charge in [0, 0.05) is 5.56 Å². The van der Waals surface area contributed by atoms with Crippen molar-refractivity contribution in [2.24, 2.45) is 5.10 Å². The van der Waals surface area contributed by atoms with E-state index in [0.29, 0.717) is 23.7 Å². The van der Waals surface area contributed by atoms with Crippen molar-refractivity contribution in [1.82, 2.24) is 5.43 Å². The summed E-state index contributed by atoms with van der Waals surface area (Å²) in [7, 11) is 0. The van der Waals surface area contributed by atoms with E-state index in [1.807, 2.05) is 19.1 Å². The highest BCUT2D eigenvalue weighted by Gasteiger charge is 2.06. The normalized spacial score (nSPS) is 10.4. The number of hydrogen-bond acceptors (Lipinski definition) is 6. The van der Waals surface area contributed by atoms with Gasteiger partial charge < -0.3 is 14.2 Å². The number of benzene rings is 2. The average Bonchev–Trinajstić information content (AvgIpc) is 2.67. The van der Waals surface area contributed by atoms with Crippen molar-refractivity contribution in [2.45, 2.75) is 13.8 Å². The van der Waals surface area contributed by atoms with Gasteiger partial charge in [-0.05, 0) is 38.1 Å². The molecule has 142 valence electrons. The molecule has 7 heteroatoms. The van der Waals surface area contributed by atoms with Gasteiger partial charge in [0.25, 0.3) is 5.91 Å². The molecule has 1 N–H and O–H groups in total. The predicted molar refractivity (Wildman–Crippen MR) is 101 cm³/mol. The standard InChI is InChI=1S/C20H22N2O5/c1-3-25-20(24)14-27-18-7-5-4-6-16(18)12-21-22-19(23)13-26-17-10-8-15(2)9-11-17/h4-12H,3,13-14H2,1-2H3,(H,22,23)/b21-12-. The molecule has 2 rings (SSSR count). The SMILES string of the molecule is CCOC(=O)COc1ccccc1/C=N\NC(=O)COc1ccc(C)cc1. The minimum atomic E-state index is -0.453. The Balaban J connectivity index is 1.83. The molecule has 0 bridgehead atoms. The van der Waals surface area contributed by atoms with Crippen LogP contribution in [0.4, 0.5) is 0 Å². The Morgan fingerprint density at radius 3 is 2.52 bits per heavy atom. The number of nitrogens with zero attached hydrogens (tertiary/aromatic N) is 1. The van der Waals surface area contributed by atoms with E-state index in [-0.39, 0.29) is 13.2 Å². The summed E-state index contributed by atoms with van der Waals surface area (Å²) < 4.78 is 15.6. The largest absolute Gasteiger partial charge is 0.484 e.